The second-order valence-corrected chi connectivity index (χ2v) is 7.25. The summed E-state index contributed by atoms with van der Waals surface area (Å²) >= 11 is 9.73. The van der Waals surface area contributed by atoms with Crippen molar-refractivity contribution in [2.45, 2.75) is 25.3 Å². The fraction of sp³-hybridized carbons (Fsp3) is 0.211. The summed E-state index contributed by atoms with van der Waals surface area (Å²) in [5, 5.41) is 15.3. The number of nitrogens with zero attached hydrogens (tertiary/aromatic N) is 2. The lowest BCUT2D eigenvalue weighted by Crippen LogP contribution is -2.27. The van der Waals surface area contributed by atoms with Crippen molar-refractivity contribution in [2.24, 2.45) is 5.10 Å². The Morgan fingerprint density at radius 3 is 2.50 bits per heavy atom. The summed E-state index contributed by atoms with van der Waals surface area (Å²) < 4.78 is 0.955. The molecule has 1 amide bonds. The highest BCUT2D eigenvalue weighted by Gasteiger charge is 2.34. The maximum absolute atomic E-state index is 12.6. The van der Waals surface area contributed by atoms with E-state index >= 15 is 0 Å². The molecule has 0 unspecified atom stereocenters. The van der Waals surface area contributed by atoms with Crippen molar-refractivity contribution in [3.8, 4) is 0 Å². The molecule has 0 saturated carbocycles. The zero-order chi connectivity index (χ0) is 18.7. The van der Waals surface area contributed by atoms with Crippen molar-refractivity contribution in [2.75, 3.05) is 0 Å². The van der Waals surface area contributed by atoms with Crippen molar-refractivity contribution < 1.29 is 14.7 Å². The Hall–Kier alpha value is -2.18. The molecule has 26 heavy (non-hydrogen) atoms. The molecule has 0 radical (unpaired) electrons. The maximum Gasteiger partial charge on any atom is 0.303 e. The van der Waals surface area contributed by atoms with Gasteiger partial charge in [0, 0.05) is 22.3 Å². The van der Waals surface area contributed by atoms with Crippen LogP contribution in [0.15, 0.2) is 58.1 Å². The maximum atomic E-state index is 12.6. The van der Waals surface area contributed by atoms with Crippen LogP contribution in [0.25, 0.3) is 0 Å². The molecular weight excluding hydrogens is 420 g/mol. The molecule has 1 N–H and O–H groups in total. The monoisotopic (exact) mass is 434 g/mol. The minimum atomic E-state index is -1.01. The lowest BCUT2D eigenvalue weighted by atomic mass is 9.98. The Labute approximate surface area is 164 Å². The molecule has 1 aliphatic heterocycles. The number of hydrogen-bond acceptors (Lipinski definition) is 3. The Bertz CT molecular complexity index is 867. The number of halogens is 2. The van der Waals surface area contributed by atoms with Crippen LogP contribution in [-0.4, -0.2) is 27.7 Å². The number of hydrazone groups is 1. The quantitative estimate of drug-likeness (QED) is 0.743. The molecule has 2 aromatic rings. The first kappa shape index (κ1) is 18.6. The van der Waals surface area contributed by atoms with Crippen LogP contribution < -0.4 is 0 Å². The van der Waals surface area contributed by atoms with Crippen molar-refractivity contribution in [3.05, 3.63) is 69.2 Å². The topological polar surface area (TPSA) is 70.0 Å². The van der Waals surface area contributed by atoms with Crippen LogP contribution in [-0.2, 0) is 9.59 Å². The van der Waals surface area contributed by atoms with Gasteiger partial charge in [-0.25, -0.2) is 5.01 Å². The smallest absolute Gasteiger partial charge is 0.303 e. The largest absolute Gasteiger partial charge is 0.481 e. The average Bonchev–Trinajstić information content (AvgIpc) is 3.06. The highest BCUT2D eigenvalue weighted by atomic mass is 79.9. The molecule has 0 saturated heterocycles. The molecule has 134 valence electrons. The van der Waals surface area contributed by atoms with E-state index in [4.69, 9.17) is 16.7 Å². The predicted molar refractivity (Wildman–Crippen MR) is 103 cm³/mol. The van der Waals surface area contributed by atoms with Crippen LogP contribution in [0.2, 0.25) is 5.02 Å². The van der Waals surface area contributed by atoms with E-state index in [9.17, 15) is 9.59 Å². The second-order valence-electron chi connectivity index (χ2n) is 5.93. The number of rotatable bonds is 5. The number of carbonyl (C=O) groups excluding carboxylic acids is 1. The van der Waals surface area contributed by atoms with Gasteiger partial charge < -0.3 is 5.11 Å². The lowest BCUT2D eigenvalue weighted by Gasteiger charge is -2.22. The van der Waals surface area contributed by atoms with Gasteiger partial charge in [-0.05, 0) is 29.3 Å². The number of amides is 1. The van der Waals surface area contributed by atoms with Gasteiger partial charge in [-0.2, -0.15) is 5.10 Å². The van der Waals surface area contributed by atoms with Crippen molar-refractivity contribution in [3.63, 3.8) is 0 Å². The van der Waals surface area contributed by atoms with Crippen LogP contribution in [0.1, 0.15) is 36.4 Å². The molecule has 0 aromatic heterocycles. The standard InChI is InChI=1S/C19H16BrClN2O3/c20-13-7-5-12(6-8-13)16-11-17(14-3-1-2-4-15(14)21)23(22-16)18(24)9-10-19(25)26/h1-8,17H,9-11H2,(H,25,26)/t17-/m1/s1. The first-order chi connectivity index (χ1) is 12.5. The highest BCUT2D eigenvalue weighted by Crippen LogP contribution is 2.36. The van der Waals surface area contributed by atoms with Crippen LogP contribution >= 0.6 is 27.5 Å². The first-order valence-corrected chi connectivity index (χ1v) is 9.24. The van der Waals surface area contributed by atoms with E-state index in [0.29, 0.717) is 11.4 Å². The number of aliphatic carboxylic acids is 1. The van der Waals surface area contributed by atoms with Gasteiger partial charge in [0.15, 0.2) is 0 Å². The fourth-order valence-electron chi connectivity index (χ4n) is 2.87. The zero-order valence-corrected chi connectivity index (χ0v) is 16.1. The molecule has 0 aliphatic carbocycles. The molecule has 0 fully saturated rings. The minimum Gasteiger partial charge on any atom is -0.481 e. The van der Waals surface area contributed by atoms with E-state index in [0.717, 1.165) is 21.3 Å². The van der Waals surface area contributed by atoms with Crippen molar-refractivity contribution >= 4 is 45.1 Å². The predicted octanol–water partition coefficient (Wildman–Crippen LogP) is 4.65. The lowest BCUT2D eigenvalue weighted by molar-refractivity contribution is -0.141. The number of carbonyl (C=O) groups is 2. The summed E-state index contributed by atoms with van der Waals surface area (Å²) in [6.45, 7) is 0. The van der Waals surface area contributed by atoms with Gasteiger partial charge in [0.05, 0.1) is 18.2 Å². The molecule has 1 heterocycles. The van der Waals surface area contributed by atoms with Crippen LogP contribution in [0.4, 0.5) is 0 Å². The van der Waals surface area contributed by atoms with Gasteiger partial charge in [-0.1, -0.05) is 57.9 Å². The summed E-state index contributed by atoms with van der Waals surface area (Å²) in [6.07, 6.45) is 0.186. The molecule has 2 aromatic carbocycles. The number of carboxylic acids is 1. The Morgan fingerprint density at radius 1 is 1.15 bits per heavy atom. The summed E-state index contributed by atoms with van der Waals surface area (Å²) in [4.78, 5) is 23.4. The van der Waals surface area contributed by atoms with E-state index in [2.05, 4.69) is 21.0 Å². The number of benzene rings is 2. The van der Waals surface area contributed by atoms with Crippen molar-refractivity contribution in [1.29, 1.82) is 0 Å². The van der Waals surface area contributed by atoms with Crippen molar-refractivity contribution in [1.82, 2.24) is 5.01 Å². The van der Waals surface area contributed by atoms with Gasteiger partial charge in [0.2, 0.25) is 5.91 Å². The molecule has 0 bridgehead atoms. The molecule has 7 heteroatoms. The molecule has 1 aliphatic rings. The Morgan fingerprint density at radius 2 is 1.85 bits per heavy atom. The van der Waals surface area contributed by atoms with E-state index in [1.807, 2.05) is 42.5 Å². The van der Waals surface area contributed by atoms with E-state index in [1.165, 1.54) is 5.01 Å². The van der Waals surface area contributed by atoms with Gasteiger partial charge in [0.25, 0.3) is 0 Å². The third-order valence-corrected chi connectivity index (χ3v) is 5.03. The third-order valence-electron chi connectivity index (χ3n) is 4.16. The normalized spacial score (nSPS) is 16.5. The van der Waals surface area contributed by atoms with Gasteiger partial charge in [-0.15, -0.1) is 0 Å². The van der Waals surface area contributed by atoms with E-state index in [1.54, 1.807) is 6.07 Å². The number of carboxylic acid groups (broad SMARTS) is 1. The van der Waals surface area contributed by atoms with Crippen LogP contribution in [0, 0.1) is 0 Å². The van der Waals surface area contributed by atoms with Crippen LogP contribution in [0.5, 0.6) is 0 Å². The first-order valence-electron chi connectivity index (χ1n) is 8.07. The fourth-order valence-corrected chi connectivity index (χ4v) is 3.40. The second kappa shape index (κ2) is 8.01. The molecule has 0 spiro atoms. The molecular formula is C19H16BrClN2O3. The minimum absolute atomic E-state index is 0.104. The average molecular weight is 436 g/mol. The number of hydrogen-bond donors (Lipinski definition) is 1. The summed E-state index contributed by atoms with van der Waals surface area (Å²) in [5.74, 6) is -1.34. The summed E-state index contributed by atoms with van der Waals surface area (Å²) in [7, 11) is 0. The summed E-state index contributed by atoms with van der Waals surface area (Å²) in [5.41, 5.74) is 2.48. The molecule has 5 nitrogen and oxygen atoms in total. The summed E-state index contributed by atoms with van der Waals surface area (Å²) in [6, 6.07) is 14.7. The van der Waals surface area contributed by atoms with Gasteiger partial charge >= 0.3 is 5.97 Å². The molecule has 3 rings (SSSR count). The van der Waals surface area contributed by atoms with E-state index in [-0.39, 0.29) is 24.8 Å². The van der Waals surface area contributed by atoms with Gasteiger partial charge in [0.1, 0.15) is 0 Å². The molecule has 1 atom stereocenters. The Kier molecular flexibility index (Phi) is 5.74. The SMILES string of the molecule is O=C(O)CCC(=O)N1N=C(c2ccc(Br)cc2)C[C@@H]1c1ccccc1Cl. The van der Waals surface area contributed by atoms with Gasteiger partial charge in [-0.3, -0.25) is 9.59 Å². The third kappa shape index (κ3) is 4.14. The van der Waals surface area contributed by atoms with Crippen LogP contribution in [0.3, 0.4) is 0 Å². The van der Waals surface area contributed by atoms with E-state index < -0.39 is 5.97 Å². The highest BCUT2D eigenvalue weighted by molar-refractivity contribution is 9.10. The zero-order valence-electron chi connectivity index (χ0n) is 13.7. The Balaban J connectivity index is 1.93.